The van der Waals surface area contributed by atoms with Gasteiger partial charge in [-0.05, 0) is 61.3 Å². The van der Waals surface area contributed by atoms with E-state index >= 15 is 0 Å². The zero-order valence-electron chi connectivity index (χ0n) is 15.2. The smallest absolute Gasteiger partial charge is 0.186 e. The summed E-state index contributed by atoms with van der Waals surface area (Å²) < 4.78 is 0. The van der Waals surface area contributed by atoms with E-state index in [9.17, 15) is 9.90 Å². The van der Waals surface area contributed by atoms with Crippen molar-refractivity contribution < 1.29 is 9.90 Å². The molecule has 0 aromatic heterocycles. The number of Topliss-reactive ketones (excluding diaryl/α,β-unsaturated/α-hetero) is 1. The highest BCUT2D eigenvalue weighted by atomic mass is 16.3. The maximum Gasteiger partial charge on any atom is 0.186 e. The Kier molecular flexibility index (Phi) is 4.27. The van der Waals surface area contributed by atoms with Crippen LogP contribution >= 0.6 is 0 Å². The average molecular weight is 348 g/mol. The van der Waals surface area contributed by atoms with Gasteiger partial charge < -0.3 is 5.11 Å². The second-order valence-electron chi connectivity index (χ2n) is 7.48. The number of hydrogen-bond acceptors (Lipinski definition) is 4. The van der Waals surface area contributed by atoms with Crippen LogP contribution in [0.5, 0.6) is 5.75 Å². The number of benzene rings is 2. The maximum atomic E-state index is 12.7. The number of aryl methyl sites for hydroxylation is 2. The molecule has 4 rings (SSSR count). The van der Waals surface area contributed by atoms with Crippen molar-refractivity contribution in [2.75, 3.05) is 5.43 Å². The number of aromatic hydroxyl groups is 1. The Morgan fingerprint density at radius 1 is 1.15 bits per heavy atom. The molecule has 0 heterocycles. The maximum absolute atomic E-state index is 12.7. The first-order valence-corrected chi connectivity index (χ1v) is 9.34. The van der Waals surface area contributed by atoms with Crippen LogP contribution in [0, 0.1) is 25.7 Å². The molecular weight excluding hydrogens is 324 g/mol. The quantitative estimate of drug-likeness (QED) is 0.601. The molecule has 134 valence electrons. The van der Waals surface area contributed by atoms with Gasteiger partial charge in [-0.2, -0.15) is 5.10 Å². The number of carbonyl (C=O) groups excluding carboxylic acids is 1. The molecule has 1 saturated carbocycles. The third-order valence-electron chi connectivity index (χ3n) is 5.74. The molecule has 2 aliphatic carbocycles. The van der Waals surface area contributed by atoms with Crippen molar-refractivity contribution in [3.63, 3.8) is 0 Å². The Morgan fingerprint density at radius 3 is 2.81 bits per heavy atom. The average Bonchev–Trinajstić information content (AvgIpc) is 2.63. The van der Waals surface area contributed by atoms with Gasteiger partial charge in [-0.25, -0.2) is 0 Å². The van der Waals surface area contributed by atoms with Crippen LogP contribution in [0.3, 0.4) is 0 Å². The number of fused-ring (bicyclic) bond motifs is 2. The number of ketones is 1. The SMILES string of the molecule is Cc1cc2cccc(C)c2c(O)c1NN=C1C=CC2CCCCC2C1=O. The van der Waals surface area contributed by atoms with Crippen LogP contribution in [0.1, 0.15) is 36.8 Å². The number of hydrazone groups is 1. The van der Waals surface area contributed by atoms with E-state index in [1.165, 1.54) is 6.42 Å². The molecule has 4 nitrogen and oxygen atoms in total. The molecule has 0 spiro atoms. The Hall–Kier alpha value is -2.62. The van der Waals surface area contributed by atoms with Crippen LogP contribution < -0.4 is 5.43 Å². The number of phenolic OH excluding ortho intramolecular Hbond substituents is 1. The molecule has 0 bridgehead atoms. The van der Waals surface area contributed by atoms with Gasteiger partial charge in [0.15, 0.2) is 5.78 Å². The van der Waals surface area contributed by atoms with Crippen molar-refractivity contribution in [1.82, 2.24) is 0 Å². The lowest BCUT2D eigenvalue weighted by molar-refractivity contribution is -0.118. The minimum Gasteiger partial charge on any atom is -0.505 e. The highest BCUT2D eigenvalue weighted by Gasteiger charge is 2.34. The summed E-state index contributed by atoms with van der Waals surface area (Å²) in [6.45, 7) is 3.91. The molecule has 2 N–H and O–H groups in total. The molecule has 0 saturated heterocycles. The normalized spacial score (nSPS) is 24.1. The Bertz CT molecular complexity index is 943. The van der Waals surface area contributed by atoms with Crippen LogP contribution in [-0.2, 0) is 4.79 Å². The van der Waals surface area contributed by atoms with Crippen molar-refractivity contribution in [2.24, 2.45) is 16.9 Å². The number of phenols is 1. The first-order chi connectivity index (χ1) is 12.6. The number of hydrogen-bond donors (Lipinski definition) is 2. The van der Waals surface area contributed by atoms with Gasteiger partial charge in [-0.1, -0.05) is 37.1 Å². The fourth-order valence-corrected chi connectivity index (χ4v) is 4.30. The third kappa shape index (κ3) is 2.79. The summed E-state index contributed by atoms with van der Waals surface area (Å²) in [6, 6.07) is 7.97. The number of allylic oxidation sites excluding steroid dienone is 2. The molecule has 26 heavy (non-hydrogen) atoms. The van der Waals surface area contributed by atoms with Gasteiger partial charge in [0, 0.05) is 11.3 Å². The molecule has 2 aromatic rings. The monoisotopic (exact) mass is 348 g/mol. The largest absolute Gasteiger partial charge is 0.505 e. The lowest BCUT2D eigenvalue weighted by Crippen LogP contribution is -2.34. The van der Waals surface area contributed by atoms with Crippen molar-refractivity contribution in [3.05, 3.63) is 47.5 Å². The Balaban J connectivity index is 1.68. The highest BCUT2D eigenvalue weighted by Crippen LogP contribution is 2.38. The highest BCUT2D eigenvalue weighted by molar-refractivity contribution is 6.45. The Morgan fingerprint density at radius 2 is 1.96 bits per heavy atom. The van der Waals surface area contributed by atoms with Crippen LogP contribution in [0.15, 0.2) is 41.5 Å². The molecule has 1 fully saturated rings. The minimum absolute atomic E-state index is 0.0721. The van der Waals surface area contributed by atoms with E-state index in [0.29, 0.717) is 17.3 Å². The summed E-state index contributed by atoms with van der Waals surface area (Å²) >= 11 is 0. The van der Waals surface area contributed by atoms with E-state index in [0.717, 1.165) is 41.2 Å². The van der Waals surface area contributed by atoms with E-state index < -0.39 is 0 Å². The number of anilines is 1. The minimum atomic E-state index is 0.0721. The molecule has 2 atom stereocenters. The number of carbonyl (C=O) groups is 1. The Labute approximate surface area is 153 Å². The van der Waals surface area contributed by atoms with Crippen LogP contribution in [-0.4, -0.2) is 16.6 Å². The topological polar surface area (TPSA) is 61.7 Å². The molecule has 4 heteroatoms. The number of rotatable bonds is 2. The second kappa shape index (κ2) is 6.60. The molecular formula is C22H24N2O2. The van der Waals surface area contributed by atoms with Crippen LogP contribution in [0.2, 0.25) is 0 Å². The van der Waals surface area contributed by atoms with Crippen molar-refractivity contribution in [1.29, 1.82) is 0 Å². The molecule has 2 unspecified atom stereocenters. The van der Waals surface area contributed by atoms with E-state index in [4.69, 9.17) is 0 Å². The molecule has 2 aromatic carbocycles. The van der Waals surface area contributed by atoms with Gasteiger partial charge in [-0.15, -0.1) is 0 Å². The zero-order chi connectivity index (χ0) is 18.3. The number of nitrogens with zero attached hydrogens (tertiary/aromatic N) is 1. The first kappa shape index (κ1) is 16.8. The van der Waals surface area contributed by atoms with Gasteiger partial charge >= 0.3 is 0 Å². The third-order valence-corrected chi connectivity index (χ3v) is 5.74. The van der Waals surface area contributed by atoms with Gasteiger partial charge in [0.2, 0.25) is 0 Å². The molecule has 0 aliphatic heterocycles. The van der Waals surface area contributed by atoms with Crippen molar-refractivity contribution in [3.8, 4) is 5.75 Å². The van der Waals surface area contributed by atoms with E-state index in [-0.39, 0.29) is 17.5 Å². The van der Waals surface area contributed by atoms with Crippen molar-refractivity contribution >= 4 is 28.0 Å². The van der Waals surface area contributed by atoms with E-state index in [1.807, 2.05) is 44.2 Å². The summed E-state index contributed by atoms with van der Waals surface area (Å²) in [5, 5.41) is 16.9. The lowest BCUT2D eigenvalue weighted by Gasteiger charge is -2.30. The summed E-state index contributed by atoms with van der Waals surface area (Å²) in [6.07, 6.45) is 8.32. The van der Waals surface area contributed by atoms with Crippen LogP contribution in [0.4, 0.5) is 5.69 Å². The van der Waals surface area contributed by atoms with E-state index in [1.54, 1.807) is 0 Å². The summed E-state index contributed by atoms with van der Waals surface area (Å²) in [5.74, 6) is 0.751. The van der Waals surface area contributed by atoms with E-state index in [2.05, 4.69) is 16.6 Å². The summed E-state index contributed by atoms with van der Waals surface area (Å²) in [7, 11) is 0. The van der Waals surface area contributed by atoms with Gasteiger partial charge in [-0.3, -0.25) is 10.2 Å². The van der Waals surface area contributed by atoms with Gasteiger partial charge in [0.05, 0.1) is 0 Å². The predicted molar refractivity (Wildman–Crippen MR) is 106 cm³/mol. The summed E-state index contributed by atoms with van der Waals surface area (Å²) in [5.41, 5.74) is 5.88. The summed E-state index contributed by atoms with van der Waals surface area (Å²) in [4.78, 5) is 12.7. The lowest BCUT2D eigenvalue weighted by atomic mass is 9.73. The van der Waals surface area contributed by atoms with Gasteiger partial charge in [0.25, 0.3) is 0 Å². The standard InChI is InChI=1S/C22H24N2O2/c1-13-6-5-8-16-12-14(2)20(22(26)19(13)16)24-23-18-11-10-15-7-3-4-9-17(15)21(18)25/h5-6,8,10-12,15,17,24,26H,3-4,7,9H2,1-2H3. The second-order valence-corrected chi connectivity index (χ2v) is 7.48. The van der Waals surface area contributed by atoms with Gasteiger partial charge in [0.1, 0.15) is 17.1 Å². The zero-order valence-corrected chi connectivity index (χ0v) is 15.2. The van der Waals surface area contributed by atoms with Crippen molar-refractivity contribution in [2.45, 2.75) is 39.5 Å². The molecule has 0 radical (unpaired) electrons. The molecule has 2 aliphatic rings. The first-order valence-electron chi connectivity index (χ1n) is 9.34. The predicted octanol–water partition coefficient (Wildman–Crippen LogP) is 4.88. The fraction of sp³-hybridized carbons (Fsp3) is 0.364. The van der Waals surface area contributed by atoms with Crippen LogP contribution in [0.25, 0.3) is 10.8 Å². The molecule has 0 amide bonds. The fourth-order valence-electron chi connectivity index (χ4n) is 4.30. The number of nitrogens with one attached hydrogen (secondary N) is 1.